The number of amides is 1. The molecule has 1 aromatic heterocycles. The van der Waals surface area contributed by atoms with Crippen molar-refractivity contribution < 1.29 is 9.53 Å². The maximum absolute atomic E-state index is 11.7. The van der Waals surface area contributed by atoms with E-state index >= 15 is 0 Å². The first-order valence-electron chi connectivity index (χ1n) is 6.84. The molecule has 1 amide bonds. The van der Waals surface area contributed by atoms with Crippen LogP contribution in [0.3, 0.4) is 0 Å². The van der Waals surface area contributed by atoms with Gasteiger partial charge in [0.1, 0.15) is 11.4 Å². The summed E-state index contributed by atoms with van der Waals surface area (Å²) in [6.07, 6.45) is 1.38. The summed E-state index contributed by atoms with van der Waals surface area (Å²) in [7, 11) is 0. The van der Waals surface area contributed by atoms with Gasteiger partial charge in [0.2, 0.25) is 0 Å². The molecule has 0 radical (unpaired) electrons. The zero-order chi connectivity index (χ0) is 14.6. The fourth-order valence-electron chi connectivity index (χ4n) is 1.81. The Morgan fingerprint density at radius 3 is 2.42 bits per heavy atom. The summed E-state index contributed by atoms with van der Waals surface area (Å²) in [5.74, 6) is 0.777. The Hall–Kier alpha value is -1.52. The predicted octanol–water partition coefficient (Wildman–Crippen LogP) is 3.12. The van der Waals surface area contributed by atoms with Gasteiger partial charge in [0.05, 0.1) is 11.7 Å². The minimum Gasteiger partial charge on any atom is -0.444 e. The molecule has 0 aliphatic carbocycles. The van der Waals surface area contributed by atoms with Crippen molar-refractivity contribution in [2.75, 3.05) is 0 Å². The molecular weight excluding hydrogens is 242 g/mol. The molecule has 0 aliphatic rings. The number of imidazole rings is 1. The Labute approximate surface area is 115 Å². The number of carbonyl (C=O) groups excluding carboxylic acids is 1. The van der Waals surface area contributed by atoms with E-state index in [2.05, 4.69) is 29.1 Å². The van der Waals surface area contributed by atoms with E-state index in [0.29, 0.717) is 0 Å². The second-order valence-electron chi connectivity index (χ2n) is 5.62. The number of hydrogen-bond donors (Lipinski definition) is 2. The van der Waals surface area contributed by atoms with Gasteiger partial charge in [0, 0.05) is 5.69 Å². The van der Waals surface area contributed by atoms with E-state index < -0.39 is 11.7 Å². The molecule has 0 saturated carbocycles. The van der Waals surface area contributed by atoms with Crippen LogP contribution in [0, 0.1) is 0 Å². The summed E-state index contributed by atoms with van der Waals surface area (Å²) in [4.78, 5) is 19.5. The van der Waals surface area contributed by atoms with Crippen LogP contribution in [-0.2, 0) is 17.6 Å². The van der Waals surface area contributed by atoms with Gasteiger partial charge in [-0.05, 0) is 40.5 Å². The molecule has 108 valence electrons. The lowest BCUT2D eigenvalue weighted by Crippen LogP contribution is -2.34. The van der Waals surface area contributed by atoms with Crippen molar-refractivity contribution in [2.45, 2.75) is 66.0 Å². The van der Waals surface area contributed by atoms with Crippen LogP contribution in [0.1, 0.15) is 64.8 Å². The number of aromatic nitrogens is 2. The summed E-state index contributed by atoms with van der Waals surface area (Å²) in [6, 6.07) is -0.194. The van der Waals surface area contributed by atoms with Gasteiger partial charge in [-0.25, -0.2) is 9.78 Å². The molecule has 0 saturated heterocycles. The van der Waals surface area contributed by atoms with Gasteiger partial charge >= 0.3 is 6.09 Å². The molecular formula is C14H25N3O2. The van der Waals surface area contributed by atoms with Crippen LogP contribution in [0.2, 0.25) is 0 Å². The van der Waals surface area contributed by atoms with Gasteiger partial charge in [-0.2, -0.15) is 0 Å². The number of hydrogen-bond acceptors (Lipinski definition) is 3. The quantitative estimate of drug-likeness (QED) is 0.880. The lowest BCUT2D eigenvalue weighted by Gasteiger charge is -2.21. The van der Waals surface area contributed by atoms with Gasteiger partial charge in [-0.15, -0.1) is 0 Å². The van der Waals surface area contributed by atoms with Gasteiger partial charge in [-0.1, -0.05) is 13.8 Å². The van der Waals surface area contributed by atoms with Crippen molar-refractivity contribution in [3.63, 3.8) is 0 Å². The van der Waals surface area contributed by atoms with Crippen LogP contribution in [-0.4, -0.2) is 21.7 Å². The van der Waals surface area contributed by atoms with Crippen molar-refractivity contribution >= 4 is 6.09 Å². The Balaban J connectivity index is 2.70. The van der Waals surface area contributed by atoms with Gasteiger partial charge in [0.25, 0.3) is 0 Å². The summed E-state index contributed by atoms with van der Waals surface area (Å²) in [6.45, 7) is 11.6. The molecule has 0 unspecified atom stereocenters. The predicted molar refractivity (Wildman–Crippen MR) is 75.1 cm³/mol. The molecule has 1 atom stereocenters. The number of rotatable bonds is 4. The first kappa shape index (κ1) is 15.5. The van der Waals surface area contributed by atoms with Gasteiger partial charge in [0.15, 0.2) is 0 Å². The number of nitrogens with one attached hydrogen (secondary N) is 2. The third-order valence-electron chi connectivity index (χ3n) is 2.71. The van der Waals surface area contributed by atoms with Crippen molar-refractivity contribution in [3.05, 3.63) is 17.2 Å². The Kier molecular flexibility index (Phi) is 4.97. The van der Waals surface area contributed by atoms with Crippen LogP contribution in [0.5, 0.6) is 0 Å². The number of aromatic amines is 1. The molecule has 0 fully saturated rings. The number of alkyl carbamates (subject to hydrolysis) is 1. The highest BCUT2D eigenvalue weighted by Crippen LogP contribution is 2.15. The lowest BCUT2D eigenvalue weighted by molar-refractivity contribution is 0.0506. The zero-order valence-electron chi connectivity index (χ0n) is 12.8. The maximum Gasteiger partial charge on any atom is 0.408 e. The fourth-order valence-corrected chi connectivity index (χ4v) is 1.81. The van der Waals surface area contributed by atoms with Crippen LogP contribution >= 0.6 is 0 Å². The third-order valence-corrected chi connectivity index (χ3v) is 2.71. The highest BCUT2D eigenvalue weighted by atomic mass is 16.6. The van der Waals surface area contributed by atoms with Crippen LogP contribution in [0.4, 0.5) is 4.79 Å². The second kappa shape index (κ2) is 6.08. The average molecular weight is 267 g/mol. The summed E-state index contributed by atoms with van der Waals surface area (Å²) in [5.41, 5.74) is 1.71. The first-order chi connectivity index (χ1) is 8.76. The van der Waals surface area contributed by atoms with E-state index in [9.17, 15) is 4.79 Å². The number of carbonyl (C=O) groups is 1. The van der Waals surface area contributed by atoms with E-state index in [1.54, 1.807) is 0 Å². The van der Waals surface area contributed by atoms with E-state index in [-0.39, 0.29) is 6.04 Å². The Morgan fingerprint density at radius 1 is 1.37 bits per heavy atom. The van der Waals surface area contributed by atoms with E-state index in [1.165, 1.54) is 0 Å². The van der Waals surface area contributed by atoms with Crippen molar-refractivity contribution in [1.82, 2.24) is 15.3 Å². The highest BCUT2D eigenvalue weighted by molar-refractivity contribution is 5.68. The zero-order valence-corrected chi connectivity index (χ0v) is 12.8. The third kappa shape index (κ3) is 4.58. The number of H-pyrrole nitrogens is 1. The van der Waals surface area contributed by atoms with Gasteiger partial charge < -0.3 is 15.0 Å². The molecule has 0 spiro atoms. The van der Waals surface area contributed by atoms with E-state index in [1.807, 2.05) is 27.7 Å². The smallest absolute Gasteiger partial charge is 0.408 e. The van der Waals surface area contributed by atoms with Crippen molar-refractivity contribution in [3.8, 4) is 0 Å². The molecule has 1 aromatic rings. The topological polar surface area (TPSA) is 67.0 Å². The molecule has 0 aromatic carbocycles. The molecule has 2 N–H and O–H groups in total. The molecule has 0 bridgehead atoms. The molecule has 5 heteroatoms. The first-order valence-corrected chi connectivity index (χ1v) is 6.84. The SMILES string of the molecule is CCc1nc([C@@H](C)NC(=O)OC(C)(C)C)[nH]c1CC. The highest BCUT2D eigenvalue weighted by Gasteiger charge is 2.20. The summed E-state index contributed by atoms with van der Waals surface area (Å²) < 4.78 is 5.23. The molecule has 1 heterocycles. The van der Waals surface area contributed by atoms with Crippen LogP contribution in [0.25, 0.3) is 0 Å². The molecule has 0 aliphatic heterocycles. The largest absolute Gasteiger partial charge is 0.444 e. The van der Waals surface area contributed by atoms with Crippen molar-refractivity contribution in [1.29, 1.82) is 0 Å². The fraction of sp³-hybridized carbons (Fsp3) is 0.714. The standard InChI is InChI=1S/C14H25N3O2/c1-7-10-11(8-2)17-12(16-10)9(3)15-13(18)19-14(4,5)6/h9H,7-8H2,1-6H3,(H,15,18)(H,16,17)/t9-/m1/s1. The molecule has 1 rings (SSSR count). The van der Waals surface area contributed by atoms with Crippen LogP contribution < -0.4 is 5.32 Å². The Morgan fingerprint density at radius 2 is 2.00 bits per heavy atom. The lowest BCUT2D eigenvalue weighted by atomic mass is 10.2. The normalized spacial score (nSPS) is 13.2. The minimum absolute atomic E-state index is 0.194. The van der Waals surface area contributed by atoms with E-state index in [0.717, 1.165) is 30.1 Å². The number of nitrogens with zero attached hydrogens (tertiary/aromatic N) is 1. The minimum atomic E-state index is -0.490. The average Bonchev–Trinajstić information content (AvgIpc) is 2.69. The maximum atomic E-state index is 11.7. The summed E-state index contributed by atoms with van der Waals surface area (Å²) >= 11 is 0. The number of ether oxygens (including phenoxy) is 1. The Bertz CT molecular complexity index is 411. The van der Waals surface area contributed by atoms with E-state index in [4.69, 9.17) is 4.74 Å². The summed E-state index contributed by atoms with van der Waals surface area (Å²) in [5, 5.41) is 2.79. The van der Waals surface area contributed by atoms with Gasteiger partial charge in [-0.3, -0.25) is 0 Å². The number of aryl methyl sites for hydroxylation is 2. The molecule has 5 nitrogen and oxygen atoms in total. The monoisotopic (exact) mass is 267 g/mol. The molecule has 19 heavy (non-hydrogen) atoms. The second-order valence-corrected chi connectivity index (χ2v) is 5.62. The van der Waals surface area contributed by atoms with Crippen molar-refractivity contribution in [2.24, 2.45) is 0 Å². The van der Waals surface area contributed by atoms with Crippen LogP contribution in [0.15, 0.2) is 0 Å².